The first kappa shape index (κ1) is 15.7. The third-order valence-corrected chi connectivity index (χ3v) is 3.10. The second-order valence-corrected chi connectivity index (χ2v) is 4.72. The van der Waals surface area contributed by atoms with E-state index in [1.165, 1.54) is 14.0 Å². The van der Waals surface area contributed by atoms with E-state index in [0.717, 1.165) is 0 Å². The first-order chi connectivity index (χ1) is 10.5. The van der Waals surface area contributed by atoms with Crippen LogP contribution in [0.3, 0.4) is 0 Å². The Bertz CT molecular complexity index is 653. The summed E-state index contributed by atoms with van der Waals surface area (Å²) in [5.41, 5.74) is 1.06. The SMILES string of the molecule is COC(=O)C(NC(=O)c1cccc(-n2cccn2)c1)C(C)O. The molecule has 0 bridgehead atoms. The minimum Gasteiger partial charge on any atom is -0.467 e. The van der Waals surface area contributed by atoms with E-state index in [4.69, 9.17) is 0 Å². The molecule has 0 aliphatic heterocycles. The predicted octanol–water partition coefficient (Wildman–Crippen LogP) is 0.524. The van der Waals surface area contributed by atoms with E-state index in [1.54, 1.807) is 47.4 Å². The number of benzene rings is 1. The van der Waals surface area contributed by atoms with Crippen molar-refractivity contribution in [2.24, 2.45) is 0 Å². The number of nitrogens with one attached hydrogen (secondary N) is 1. The van der Waals surface area contributed by atoms with Crippen LogP contribution < -0.4 is 5.32 Å². The van der Waals surface area contributed by atoms with Crippen LogP contribution in [0.15, 0.2) is 42.7 Å². The second-order valence-electron chi connectivity index (χ2n) is 4.72. The Balaban J connectivity index is 2.19. The maximum atomic E-state index is 12.2. The summed E-state index contributed by atoms with van der Waals surface area (Å²) in [6, 6.07) is 7.41. The number of methoxy groups -OCH3 is 1. The number of aliphatic hydroxyl groups excluding tert-OH is 1. The Hall–Kier alpha value is -2.67. The summed E-state index contributed by atoms with van der Waals surface area (Å²) in [6.07, 6.45) is 2.32. The molecular weight excluding hydrogens is 286 g/mol. The summed E-state index contributed by atoms with van der Waals surface area (Å²) in [5.74, 6) is -1.18. The monoisotopic (exact) mass is 303 g/mol. The number of hydrogen-bond donors (Lipinski definition) is 2. The van der Waals surface area contributed by atoms with Gasteiger partial charge >= 0.3 is 5.97 Å². The van der Waals surface area contributed by atoms with Gasteiger partial charge in [-0.2, -0.15) is 5.10 Å². The first-order valence-corrected chi connectivity index (χ1v) is 6.69. The maximum absolute atomic E-state index is 12.2. The number of nitrogens with zero attached hydrogens (tertiary/aromatic N) is 2. The standard InChI is InChI=1S/C15H17N3O4/c1-10(19)13(15(21)22-2)17-14(20)11-5-3-6-12(9-11)18-8-4-7-16-18/h3-10,13,19H,1-2H3,(H,17,20). The highest BCUT2D eigenvalue weighted by molar-refractivity contribution is 5.97. The fourth-order valence-corrected chi connectivity index (χ4v) is 1.94. The van der Waals surface area contributed by atoms with Crippen LogP contribution >= 0.6 is 0 Å². The van der Waals surface area contributed by atoms with Crippen LogP contribution in [0.5, 0.6) is 0 Å². The summed E-state index contributed by atoms with van der Waals surface area (Å²) in [7, 11) is 1.20. The van der Waals surface area contributed by atoms with Gasteiger partial charge in [-0.3, -0.25) is 4.79 Å². The summed E-state index contributed by atoms with van der Waals surface area (Å²) < 4.78 is 6.18. The minimum absolute atomic E-state index is 0.350. The van der Waals surface area contributed by atoms with Crippen LogP contribution in [0.2, 0.25) is 0 Å². The Kier molecular flexibility index (Phi) is 4.90. The number of aliphatic hydroxyl groups is 1. The highest BCUT2D eigenvalue weighted by atomic mass is 16.5. The third kappa shape index (κ3) is 3.50. The number of amides is 1. The molecule has 0 radical (unpaired) electrons. The van der Waals surface area contributed by atoms with Crippen molar-refractivity contribution in [3.05, 3.63) is 48.3 Å². The van der Waals surface area contributed by atoms with Gasteiger partial charge in [0, 0.05) is 18.0 Å². The Morgan fingerprint density at radius 1 is 1.36 bits per heavy atom. The van der Waals surface area contributed by atoms with Gasteiger partial charge in [-0.15, -0.1) is 0 Å². The Labute approximate surface area is 127 Å². The topological polar surface area (TPSA) is 93.5 Å². The molecule has 7 nitrogen and oxygen atoms in total. The highest BCUT2D eigenvalue weighted by Crippen LogP contribution is 2.10. The molecule has 2 aromatic rings. The molecule has 0 fully saturated rings. The molecule has 0 spiro atoms. The molecule has 0 aliphatic rings. The fraction of sp³-hybridized carbons (Fsp3) is 0.267. The molecule has 2 unspecified atom stereocenters. The van der Waals surface area contributed by atoms with Crippen molar-refractivity contribution in [2.45, 2.75) is 19.1 Å². The van der Waals surface area contributed by atoms with Crippen molar-refractivity contribution in [3.8, 4) is 5.69 Å². The van der Waals surface area contributed by atoms with E-state index in [-0.39, 0.29) is 0 Å². The Morgan fingerprint density at radius 2 is 2.14 bits per heavy atom. The number of carbonyl (C=O) groups excluding carboxylic acids is 2. The van der Waals surface area contributed by atoms with Crippen LogP contribution in [0.25, 0.3) is 5.69 Å². The van der Waals surface area contributed by atoms with Crippen LogP contribution in [0, 0.1) is 0 Å². The molecule has 1 heterocycles. The maximum Gasteiger partial charge on any atom is 0.331 e. The van der Waals surface area contributed by atoms with Gasteiger partial charge in [-0.1, -0.05) is 6.07 Å². The molecular formula is C15H17N3O4. The van der Waals surface area contributed by atoms with Crippen molar-refractivity contribution < 1.29 is 19.4 Å². The first-order valence-electron chi connectivity index (χ1n) is 6.69. The molecule has 1 amide bonds. The molecule has 0 saturated carbocycles. The number of esters is 1. The molecule has 116 valence electrons. The smallest absolute Gasteiger partial charge is 0.331 e. The zero-order valence-electron chi connectivity index (χ0n) is 12.3. The number of ether oxygens (including phenoxy) is 1. The lowest BCUT2D eigenvalue weighted by molar-refractivity contribution is -0.145. The summed E-state index contributed by atoms with van der Waals surface area (Å²) in [5, 5.41) is 16.1. The van der Waals surface area contributed by atoms with E-state index in [9.17, 15) is 14.7 Å². The van der Waals surface area contributed by atoms with Gasteiger partial charge in [0.1, 0.15) is 0 Å². The zero-order valence-corrected chi connectivity index (χ0v) is 12.3. The van der Waals surface area contributed by atoms with Crippen molar-refractivity contribution in [1.29, 1.82) is 0 Å². The summed E-state index contributed by atoms with van der Waals surface area (Å²) in [4.78, 5) is 23.8. The minimum atomic E-state index is -1.12. The largest absolute Gasteiger partial charge is 0.467 e. The molecule has 1 aromatic carbocycles. The predicted molar refractivity (Wildman–Crippen MR) is 78.5 cm³/mol. The van der Waals surface area contributed by atoms with Gasteiger partial charge in [0.2, 0.25) is 0 Å². The van der Waals surface area contributed by atoms with Gasteiger partial charge in [0.05, 0.1) is 18.9 Å². The van der Waals surface area contributed by atoms with Crippen LogP contribution in [0.4, 0.5) is 0 Å². The average Bonchev–Trinajstić information content (AvgIpc) is 3.06. The molecule has 2 atom stereocenters. The van der Waals surface area contributed by atoms with Gasteiger partial charge < -0.3 is 15.2 Å². The van der Waals surface area contributed by atoms with E-state index in [2.05, 4.69) is 15.2 Å². The van der Waals surface area contributed by atoms with E-state index < -0.39 is 24.0 Å². The summed E-state index contributed by atoms with van der Waals surface area (Å²) in [6.45, 7) is 1.40. The van der Waals surface area contributed by atoms with Crippen molar-refractivity contribution in [1.82, 2.24) is 15.1 Å². The number of rotatable bonds is 5. The van der Waals surface area contributed by atoms with E-state index in [1.807, 2.05) is 0 Å². The van der Waals surface area contributed by atoms with E-state index >= 15 is 0 Å². The van der Waals surface area contributed by atoms with Gasteiger partial charge in [0.25, 0.3) is 5.91 Å². The van der Waals surface area contributed by atoms with E-state index in [0.29, 0.717) is 11.3 Å². The summed E-state index contributed by atoms with van der Waals surface area (Å²) >= 11 is 0. The molecule has 7 heteroatoms. The van der Waals surface area contributed by atoms with Gasteiger partial charge in [0.15, 0.2) is 6.04 Å². The second kappa shape index (κ2) is 6.86. The molecule has 0 aliphatic carbocycles. The lowest BCUT2D eigenvalue weighted by atomic mass is 10.1. The molecule has 22 heavy (non-hydrogen) atoms. The van der Waals surface area contributed by atoms with Crippen LogP contribution in [0.1, 0.15) is 17.3 Å². The number of aromatic nitrogens is 2. The van der Waals surface area contributed by atoms with Crippen molar-refractivity contribution in [3.63, 3.8) is 0 Å². The van der Waals surface area contributed by atoms with Crippen molar-refractivity contribution in [2.75, 3.05) is 7.11 Å². The molecule has 1 aromatic heterocycles. The molecule has 2 N–H and O–H groups in total. The highest BCUT2D eigenvalue weighted by Gasteiger charge is 2.26. The Morgan fingerprint density at radius 3 is 2.73 bits per heavy atom. The normalized spacial score (nSPS) is 13.2. The third-order valence-electron chi connectivity index (χ3n) is 3.10. The van der Waals surface area contributed by atoms with Gasteiger partial charge in [-0.05, 0) is 31.2 Å². The molecule has 2 rings (SSSR count). The fourth-order valence-electron chi connectivity index (χ4n) is 1.94. The zero-order chi connectivity index (χ0) is 16.1. The lowest BCUT2D eigenvalue weighted by Gasteiger charge is -2.19. The van der Waals surface area contributed by atoms with Crippen molar-refractivity contribution >= 4 is 11.9 Å². The number of hydrogen-bond acceptors (Lipinski definition) is 5. The number of carbonyl (C=O) groups is 2. The molecule has 0 saturated heterocycles. The van der Waals surface area contributed by atoms with Crippen LogP contribution in [-0.2, 0) is 9.53 Å². The average molecular weight is 303 g/mol. The quantitative estimate of drug-likeness (QED) is 0.786. The van der Waals surface area contributed by atoms with Gasteiger partial charge in [-0.25, -0.2) is 9.48 Å². The lowest BCUT2D eigenvalue weighted by Crippen LogP contribution is -2.48. The van der Waals surface area contributed by atoms with Crippen LogP contribution in [-0.4, -0.2) is 46.0 Å².